The van der Waals surface area contributed by atoms with Crippen molar-refractivity contribution in [1.29, 1.82) is 0 Å². The Kier molecular flexibility index (Phi) is 3.19. The van der Waals surface area contributed by atoms with Crippen LogP contribution in [0.25, 0.3) is 22.0 Å². The van der Waals surface area contributed by atoms with Crippen LogP contribution in [-0.2, 0) is 0 Å². The molecule has 0 fully saturated rings. The van der Waals surface area contributed by atoms with Crippen molar-refractivity contribution in [1.82, 2.24) is 9.97 Å². The third kappa shape index (κ3) is 2.19. The summed E-state index contributed by atoms with van der Waals surface area (Å²) >= 11 is 0. The fraction of sp³-hybridized carbons (Fsp3) is 0.188. The van der Waals surface area contributed by atoms with E-state index < -0.39 is 0 Å². The minimum absolute atomic E-state index is 0.674. The number of aromatic amines is 1. The van der Waals surface area contributed by atoms with Crippen LogP contribution in [0.1, 0.15) is 13.3 Å². The monoisotopic (exact) mass is 251 g/mol. The lowest BCUT2D eigenvalue weighted by Crippen LogP contribution is -1.96. The molecule has 0 aliphatic rings. The van der Waals surface area contributed by atoms with E-state index in [0.29, 0.717) is 12.5 Å². The van der Waals surface area contributed by atoms with Crippen molar-refractivity contribution in [2.45, 2.75) is 13.3 Å². The highest BCUT2D eigenvalue weighted by atomic mass is 16.5. The lowest BCUT2D eigenvalue weighted by molar-refractivity contribution is 0.308. The number of nitrogens with zero attached hydrogens (tertiary/aromatic N) is 1. The first kappa shape index (κ1) is 11.8. The van der Waals surface area contributed by atoms with E-state index in [9.17, 15) is 0 Å². The molecule has 2 aromatic carbocycles. The zero-order valence-electron chi connectivity index (χ0n) is 10.8. The summed E-state index contributed by atoms with van der Waals surface area (Å²) in [4.78, 5) is 7.23. The van der Waals surface area contributed by atoms with Crippen LogP contribution < -0.4 is 4.74 Å². The molecule has 0 aliphatic heterocycles. The molecule has 95 valence electrons. The van der Waals surface area contributed by atoms with Crippen LogP contribution in [0.2, 0.25) is 0 Å². The number of benzene rings is 2. The molecule has 19 heavy (non-hydrogen) atoms. The van der Waals surface area contributed by atoms with Crippen LogP contribution in [0.15, 0.2) is 42.5 Å². The van der Waals surface area contributed by atoms with Crippen molar-refractivity contribution < 1.29 is 4.74 Å². The van der Waals surface area contributed by atoms with Crippen molar-refractivity contribution >= 4 is 10.8 Å². The SMILES string of the molecule is CCCOc1[nH][c]nc1-c1cccc2ccccc12. The first-order valence-electron chi connectivity index (χ1n) is 6.47. The van der Waals surface area contributed by atoms with Crippen LogP contribution in [0.4, 0.5) is 0 Å². The standard InChI is InChI=1S/C16H15N2O/c1-2-10-19-16-15(17-11-18-16)14-9-5-7-12-6-3-4-8-13(12)14/h3-9H,2,10H2,1H3,(H,17,18). The summed E-state index contributed by atoms with van der Waals surface area (Å²) < 4.78 is 5.68. The average molecular weight is 251 g/mol. The lowest BCUT2D eigenvalue weighted by atomic mass is 10.0. The first-order chi connectivity index (χ1) is 9.40. The highest BCUT2D eigenvalue weighted by Gasteiger charge is 2.12. The van der Waals surface area contributed by atoms with Gasteiger partial charge < -0.3 is 9.72 Å². The smallest absolute Gasteiger partial charge is 0.219 e. The van der Waals surface area contributed by atoms with E-state index in [1.807, 2.05) is 18.2 Å². The van der Waals surface area contributed by atoms with E-state index in [2.05, 4.69) is 47.5 Å². The zero-order valence-corrected chi connectivity index (χ0v) is 10.8. The minimum Gasteiger partial charge on any atom is -0.477 e. The fourth-order valence-electron chi connectivity index (χ4n) is 2.17. The van der Waals surface area contributed by atoms with Gasteiger partial charge in [-0.05, 0) is 17.2 Å². The molecule has 1 heterocycles. The van der Waals surface area contributed by atoms with Crippen molar-refractivity contribution in [3.63, 3.8) is 0 Å². The number of imidazole rings is 1. The molecular weight excluding hydrogens is 236 g/mol. The van der Waals surface area contributed by atoms with E-state index >= 15 is 0 Å². The first-order valence-corrected chi connectivity index (χ1v) is 6.47. The molecule has 0 saturated carbocycles. The molecule has 0 amide bonds. The van der Waals surface area contributed by atoms with Crippen molar-refractivity contribution in [2.24, 2.45) is 0 Å². The van der Waals surface area contributed by atoms with Gasteiger partial charge in [-0.15, -0.1) is 0 Å². The summed E-state index contributed by atoms with van der Waals surface area (Å²) in [5.74, 6) is 0.693. The number of hydrogen-bond acceptors (Lipinski definition) is 2. The van der Waals surface area contributed by atoms with Gasteiger partial charge >= 0.3 is 0 Å². The Morgan fingerprint density at radius 3 is 2.89 bits per heavy atom. The largest absolute Gasteiger partial charge is 0.477 e. The number of aromatic nitrogens is 2. The molecule has 0 unspecified atom stereocenters. The van der Waals surface area contributed by atoms with Crippen molar-refractivity contribution in [2.75, 3.05) is 6.61 Å². The minimum atomic E-state index is 0.674. The second-order valence-corrected chi connectivity index (χ2v) is 4.40. The van der Waals surface area contributed by atoms with E-state index in [4.69, 9.17) is 4.74 Å². The third-order valence-corrected chi connectivity index (χ3v) is 3.05. The van der Waals surface area contributed by atoms with Gasteiger partial charge in [0.05, 0.1) is 6.61 Å². The molecule has 0 aliphatic carbocycles. The Hall–Kier alpha value is -2.29. The third-order valence-electron chi connectivity index (χ3n) is 3.05. The van der Waals surface area contributed by atoms with E-state index in [1.54, 1.807) is 0 Å². The summed E-state index contributed by atoms with van der Waals surface area (Å²) in [6.07, 6.45) is 3.74. The normalized spacial score (nSPS) is 10.8. The predicted octanol–water partition coefficient (Wildman–Crippen LogP) is 3.82. The van der Waals surface area contributed by atoms with Crippen molar-refractivity contribution in [3.8, 4) is 17.1 Å². The second-order valence-electron chi connectivity index (χ2n) is 4.40. The molecule has 3 rings (SSSR count). The molecule has 0 bridgehead atoms. The average Bonchev–Trinajstić information content (AvgIpc) is 2.92. The van der Waals surface area contributed by atoms with Crippen LogP contribution in [0.3, 0.4) is 0 Å². The number of hydrogen-bond donors (Lipinski definition) is 1. The molecule has 0 saturated heterocycles. The van der Waals surface area contributed by atoms with Gasteiger partial charge in [-0.3, -0.25) is 0 Å². The van der Waals surface area contributed by atoms with E-state index in [-0.39, 0.29) is 0 Å². The summed E-state index contributed by atoms with van der Waals surface area (Å²) in [5.41, 5.74) is 1.90. The van der Waals surface area contributed by atoms with Crippen molar-refractivity contribution in [3.05, 3.63) is 48.8 Å². The molecule has 1 radical (unpaired) electrons. The highest BCUT2D eigenvalue weighted by Crippen LogP contribution is 2.32. The fourth-order valence-corrected chi connectivity index (χ4v) is 2.17. The lowest BCUT2D eigenvalue weighted by Gasteiger charge is -2.07. The van der Waals surface area contributed by atoms with Crippen LogP contribution in [0.5, 0.6) is 5.88 Å². The molecular formula is C16H15N2O. The predicted molar refractivity (Wildman–Crippen MR) is 76.2 cm³/mol. The molecule has 1 aromatic heterocycles. The molecule has 3 heteroatoms. The molecule has 3 aromatic rings. The second kappa shape index (κ2) is 5.14. The summed E-state index contributed by atoms with van der Waals surface area (Å²) in [6.45, 7) is 2.76. The summed E-state index contributed by atoms with van der Waals surface area (Å²) in [7, 11) is 0. The summed E-state index contributed by atoms with van der Waals surface area (Å²) in [5, 5.41) is 2.37. The molecule has 3 nitrogen and oxygen atoms in total. The Balaban J connectivity index is 2.12. The maximum atomic E-state index is 5.68. The summed E-state index contributed by atoms with van der Waals surface area (Å²) in [6, 6.07) is 14.5. The molecule has 0 atom stereocenters. The maximum Gasteiger partial charge on any atom is 0.219 e. The van der Waals surface area contributed by atoms with Crippen LogP contribution in [-0.4, -0.2) is 16.6 Å². The van der Waals surface area contributed by atoms with E-state index in [0.717, 1.165) is 17.7 Å². The Morgan fingerprint density at radius 1 is 1.16 bits per heavy atom. The zero-order chi connectivity index (χ0) is 13.1. The topological polar surface area (TPSA) is 37.9 Å². The maximum absolute atomic E-state index is 5.68. The Bertz CT molecular complexity index is 683. The number of H-pyrrole nitrogens is 1. The van der Waals surface area contributed by atoms with Gasteiger partial charge in [-0.1, -0.05) is 49.4 Å². The quantitative estimate of drug-likeness (QED) is 0.765. The Labute approximate surface area is 112 Å². The van der Waals surface area contributed by atoms with E-state index in [1.165, 1.54) is 10.8 Å². The molecule has 0 spiro atoms. The number of fused-ring (bicyclic) bond motifs is 1. The Morgan fingerprint density at radius 2 is 2.00 bits per heavy atom. The number of rotatable bonds is 4. The van der Waals surface area contributed by atoms with Gasteiger partial charge in [0.15, 0.2) is 6.33 Å². The van der Waals surface area contributed by atoms with Gasteiger partial charge in [0.1, 0.15) is 5.69 Å². The van der Waals surface area contributed by atoms with Gasteiger partial charge in [0, 0.05) is 5.56 Å². The van der Waals surface area contributed by atoms with Gasteiger partial charge in [-0.2, -0.15) is 0 Å². The van der Waals surface area contributed by atoms with Gasteiger partial charge in [0.25, 0.3) is 0 Å². The molecule has 1 N–H and O–H groups in total. The van der Waals surface area contributed by atoms with Crippen LogP contribution in [0, 0.1) is 6.33 Å². The van der Waals surface area contributed by atoms with Crippen LogP contribution >= 0.6 is 0 Å². The number of ether oxygens (including phenoxy) is 1. The number of nitrogens with one attached hydrogen (secondary N) is 1. The highest BCUT2D eigenvalue weighted by molar-refractivity contribution is 5.96. The van der Waals surface area contributed by atoms with Gasteiger partial charge in [0.2, 0.25) is 5.88 Å². The van der Waals surface area contributed by atoms with Gasteiger partial charge in [-0.25, -0.2) is 4.98 Å².